The van der Waals surface area contributed by atoms with Gasteiger partial charge in [0.2, 0.25) is 0 Å². The molecule has 1 aliphatic heterocycles. The molecule has 2 aromatic rings. The molecule has 2 aromatic carbocycles. The minimum absolute atomic E-state index is 0.150. The maximum atomic E-state index is 13.1. The van der Waals surface area contributed by atoms with Crippen LogP contribution in [0, 0.1) is 0 Å². The summed E-state index contributed by atoms with van der Waals surface area (Å²) in [5.41, 5.74) is 2.59. The van der Waals surface area contributed by atoms with Gasteiger partial charge in [0, 0.05) is 44.2 Å². The molecule has 1 heterocycles. The molecule has 3 N–H and O–H groups in total. The highest BCUT2D eigenvalue weighted by atomic mass is 16.5. The van der Waals surface area contributed by atoms with Crippen molar-refractivity contribution in [2.75, 3.05) is 55.0 Å². The molecule has 1 saturated heterocycles. The van der Waals surface area contributed by atoms with Gasteiger partial charge in [-0.15, -0.1) is 0 Å². The number of carbonyl (C=O) groups excluding carboxylic acids is 2. The van der Waals surface area contributed by atoms with Crippen molar-refractivity contribution in [3.8, 4) is 5.75 Å². The van der Waals surface area contributed by atoms with Crippen LogP contribution in [0.25, 0.3) is 0 Å². The predicted molar refractivity (Wildman–Crippen MR) is 136 cm³/mol. The van der Waals surface area contributed by atoms with Gasteiger partial charge in [-0.3, -0.25) is 4.79 Å². The largest absolute Gasteiger partial charge is 0.492 e. The van der Waals surface area contributed by atoms with Crippen molar-refractivity contribution >= 4 is 29.0 Å². The van der Waals surface area contributed by atoms with Crippen molar-refractivity contribution in [1.29, 1.82) is 0 Å². The zero-order chi connectivity index (χ0) is 24.2. The lowest BCUT2D eigenvalue weighted by Gasteiger charge is -2.30. The number of piperidine rings is 1. The van der Waals surface area contributed by atoms with Gasteiger partial charge in [-0.05, 0) is 69.9 Å². The topological polar surface area (TPSA) is 91.9 Å². The molecule has 1 aliphatic rings. The molecule has 0 unspecified atom stereocenters. The minimum Gasteiger partial charge on any atom is -0.492 e. The van der Waals surface area contributed by atoms with Gasteiger partial charge in [-0.1, -0.05) is 12.1 Å². The van der Waals surface area contributed by atoms with E-state index >= 15 is 0 Å². The van der Waals surface area contributed by atoms with E-state index in [0.29, 0.717) is 49.1 Å². The quantitative estimate of drug-likeness (QED) is 0.409. The number of hydrogen-bond donors (Lipinski definition) is 3. The lowest BCUT2D eigenvalue weighted by molar-refractivity contribution is 0.0944. The summed E-state index contributed by atoms with van der Waals surface area (Å²) in [7, 11) is 0. The van der Waals surface area contributed by atoms with Crippen molar-refractivity contribution in [2.45, 2.75) is 39.5 Å². The average molecular weight is 469 g/mol. The number of para-hydroxylation sites is 2. The molecular formula is C26H36N4O4. The van der Waals surface area contributed by atoms with E-state index in [9.17, 15) is 9.59 Å². The van der Waals surface area contributed by atoms with E-state index in [4.69, 9.17) is 9.47 Å². The number of anilines is 3. The van der Waals surface area contributed by atoms with Crippen LogP contribution < -0.4 is 25.6 Å². The number of nitrogens with one attached hydrogen (secondary N) is 3. The first-order valence-corrected chi connectivity index (χ1v) is 12.2. The van der Waals surface area contributed by atoms with Crippen LogP contribution in [-0.2, 0) is 4.74 Å². The van der Waals surface area contributed by atoms with E-state index < -0.39 is 6.03 Å². The number of benzene rings is 2. The fraction of sp³-hybridized carbons (Fsp3) is 0.462. The maximum absolute atomic E-state index is 13.1. The van der Waals surface area contributed by atoms with Crippen LogP contribution in [0.2, 0.25) is 0 Å². The normalized spacial score (nSPS) is 13.3. The Balaban J connectivity index is 1.72. The molecule has 8 heteroatoms. The Hall–Kier alpha value is -3.26. The molecule has 34 heavy (non-hydrogen) atoms. The molecule has 0 aliphatic carbocycles. The highest BCUT2D eigenvalue weighted by molar-refractivity contribution is 6.04. The summed E-state index contributed by atoms with van der Waals surface area (Å²) in [6.07, 6.45) is 4.17. The van der Waals surface area contributed by atoms with Gasteiger partial charge in [0.15, 0.2) is 0 Å². The van der Waals surface area contributed by atoms with E-state index in [1.807, 2.05) is 38.1 Å². The fourth-order valence-corrected chi connectivity index (χ4v) is 3.96. The van der Waals surface area contributed by atoms with E-state index in [1.165, 1.54) is 6.42 Å². The summed E-state index contributed by atoms with van der Waals surface area (Å²) in [6, 6.07) is 12.4. The summed E-state index contributed by atoms with van der Waals surface area (Å²) in [4.78, 5) is 28.0. The molecule has 0 saturated carbocycles. The fourth-order valence-electron chi connectivity index (χ4n) is 3.96. The zero-order valence-electron chi connectivity index (χ0n) is 20.2. The molecule has 184 valence electrons. The summed E-state index contributed by atoms with van der Waals surface area (Å²) >= 11 is 0. The molecule has 8 nitrogen and oxygen atoms in total. The van der Waals surface area contributed by atoms with Crippen molar-refractivity contribution in [2.24, 2.45) is 0 Å². The SMILES string of the molecule is CCOCCCNC(=O)c1cc(NC(=O)Nc2ccccc2OCC)ccc1N1CCCCC1. The summed E-state index contributed by atoms with van der Waals surface area (Å²) < 4.78 is 10.9. The van der Waals surface area contributed by atoms with Crippen LogP contribution in [0.5, 0.6) is 5.75 Å². The Kier molecular flexibility index (Phi) is 10.0. The van der Waals surface area contributed by atoms with Gasteiger partial charge in [0.25, 0.3) is 5.91 Å². The number of ether oxygens (including phenoxy) is 2. The number of hydrogen-bond acceptors (Lipinski definition) is 5. The molecular weight excluding hydrogens is 432 g/mol. The Bertz CT molecular complexity index is 944. The predicted octanol–water partition coefficient (Wildman–Crippen LogP) is 4.88. The molecule has 1 fully saturated rings. The standard InChI is InChI=1S/C26H36N4O4/c1-3-33-18-10-15-27-25(31)21-19-20(13-14-23(21)30-16-8-5-9-17-30)28-26(32)29-22-11-6-7-12-24(22)34-4-2/h6-7,11-14,19H,3-5,8-10,15-18H2,1-2H3,(H,27,31)(H2,28,29,32). The lowest BCUT2D eigenvalue weighted by atomic mass is 10.1. The minimum atomic E-state index is -0.402. The number of amides is 3. The van der Waals surface area contributed by atoms with E-state index in [2.05, 4.69) is 20.9 Å². The van der Waals surface area contributed by atoms with Crippen LogP contribution in [0.4, 0.5) is 21.9 Å². The Morgan fingerprint density at radius 1 is 0.971 bits per heavy atom. The smallest absolute Gasteiger partial charge is 0.323 e. The van der Waals surface area contributed by atoms with Gasteiger partial charge < -0.3 is 30.3 Å². The third kappa shape index (κ3) is 7.38. The molecule has 0 radical (unpaired) electrons. The average Bonchev–Trinajstić information content (AvgIpc) is 2.85. The Morgan fingerprint density at radius 2 is 1.76 bits per heavy atom. The molecule has 0 bridgehead atoms. The van der Waals surface area contributed by atoms with Crippen molar-refractivity contribution in [1.82, 2.24) is 5.32 Å². The van der Waals surface area contributed by atoms with Crippen LogP contribution in [-0.4, -0.2) is 51.4 Å². The zero-order valence-corrected chi connectivity index (χ0v) is 20.2. The van der Waals surface area contributed by atoms with Gasteiger partial charge in [0.1, 0.15) is 5.75 Å². The number of urea groups is 1. The van der Waals surface area contributed by atoms with Crippen LogP contribution >= 0.6 is 0 Å². The second-order valence-corrected chi connectivity index (χ2v) is 8.09. The monoisotopic (exact) mass is 468 g/mol. The third-order valence-electron chi connectivity index (χ3n) is 5.59. The van der Waals surface area contributed by atoms with Crippen LogP contribution in [0.15, 0.2) is 42.5 Å². The third-order valence-corrected chi connectivity index (χ3v) is 5.59. The Morgan fingerprint density at radius 3 is 2.53 bits per heavy atom. The van der Waals surface area contributed by atoms with Crippen LogP contribution in [0.1, 0.15) is 49.9 Å². The molecule has 0 atom stereocenters. The van der Waals surface area contributed by atoms with Gasteiger partial charge in [-0.25, -0.2) is 4.79 Å². The number of rotatable bonds is 11. The highest BCUT2D eigenvalue weighted by Gasteiger charge is 2.20. The second-order valence-electron chi connectivity index (χ2n) is 8.09. The van der Waals surface area contributed by atoms with Gasteiger partial charge in [-0.2, -0.15) is 0 Å². The first kappa shape index (κ1) is 25.4. The van der Waals surface area contributed by atoms with Gasteiger partial charge in [0.05, 0.1) is 17.9 Å². The Labute approximate surface area is 202 Å². The summed E-state index contributed by atoms with van der Waals surface area (Å²) in [6.45, 7) is 8.00. The lowest BCUT2D eigenvalue weighted by Crippen LogP contribution is -2.33. The number of nitrogens with zero attached hydrogens (tertiary/aromatic N) is 1. The van der Waals surface area contributed by atoms with Crippen molar-refractivity contribution in [3.63, 3.8) is 0 Å². The van der Waals surface area contributed by atoms with E-state index in [1.54, 1.807) is 18.2 Å². The number of carbonyl (C=O) groups is 2. The summed E-state index contributed by atoms with van der Waals surface area (Å²) in [5.74, 6) is 0.454. The maximum Gasteiger partial charge on any atom is 0.323 e. The second kappa shape index (κ2) is 13.4. The molecule has 0 spiro atoms. The van der Waals surface area contributed by atoms with E-state index in [-0.39, 0.29) is 5.91 Å². The first-order valence-electron chi connectivity index (χ1n) is 12.2. The first-order chi connectivity index (χ1) is 16.6. The summed E-state index contributed by atoms with van der Waals surface area (Å²) in [5, 5.41) is 8.66. The molecule has 3 amide bonds. The molecule has 0 aromatic heterocycles. The van der Waals surface area contributed by atoms with Crippen LogP contribution in [0.3, 0.4) is 0 Å². The van der Waals surface area contributed by atoms with Gasteiger partial charge >= 0.3 is 6.03 Å². The van der Waals surface area contributed by atoms with E-state index in [0.717, 1.165) is 38.0 Å². The van der Waals surface area contributed by atoms with Crippen molar-refractivity contribution < 1.29 is 19.1 Å². The van der Waals surface area contributed by atoms with Crippen molar-refractivity contribution in [3.05, 3.63) is 48.0 Å². The highest BCUT2D eigenvalue weighted by Crippen LogP contribution is 2.28. The molecule has 3 rings (SSSR count).